The zero-order valence-electron chi connectivity index (χ0n) is 11.6. The van der Waals surface area contributed by atoms with E-state index < -0.39 is 21.7 Å². The molecule has 1 aromatic carbocycles. The molecule has 0 atom stereocenters. The fourth-order valence-corrected chi connectivity index (χ4v) is 3.30. The van der Waals surface area contributed by atoms with Crippen LogP contribution < -0.4 is 15.8 Å². The summed E-state index contributed by atoms with van der Waals surface area (Å²) >= 11 is 0. The summed E-state index contributed by atoms with van der Waals surface area (Å²) in [5.41, 5.74) is 5.66. The van der Waals surface area contributed by atoms with E-state index in [0.717, 1.165) is 6.07 Å². The fourth-order valence-electron chi connectivity index (χ4n) is 1.84. The maximum absolute atomic E-state index is 13.4. The highest BCUT2D eigenvalue weighted by Crippen LogP contribution is 2.27. The topological polar surface area (TPSA) is 101 Å². The summed E-state index contributed by atoms with van der Waals surface area (Å²) in [5.74, 6) is -1.11. The minimum absolute atomic E-state index is 0.0966. The predicted molar refractivity (Wildman–Crippen MR) is 74.2 cm³/mol. The molecule has 0 aromatic heterocycles. The molecule has 1 aromatic rings. The van der Waals surface area contributed by atoms with Crippen molar-refractivity contribution in [2.24, 2.45) is 0 Å². The number of aryl methyl sites for hydroxylation is 1. The van der Waals surface area contributed by atoms with E-state index >= 15 is 0 Å². The molecule has 8 heteroatoms. The fraction of sp³-hybridized carbons (Fsp3) is 0.417. The van der Waals surface area contributed by atoms with Crippen LogP contribution >= 0.6 is 0 Å². The number of amides is 1. The number of hydrogen-bond acceptors (Lipinski definition) is 4. The molecule has 0 unspecified atom stereocenters. The second-order valence-electron chi connectivity index (χ2n) is 4.32. The van der Waals surface area contributed by atoms with Gasteiger partial charge in [-0.15, -0.1) is 0 Å². The second-order valence-corrected chi connectivity index (χ2v) is 6.02. The van der Waals surface area contributed by atoms with Crippen LogP contribution in [-0.2, 0) is 14.8 Å². The smallest absolute Gasteiger partial charge is 0.241 e. The number of hydrogen-bond donors (Lipinski definition) is 3. The van der Waals surface area contributed by atoms with Gasteiger partial charge < -0.3 is 11.1 Å². The molecule has 1 rings (SSSR count). The summed E-state index contributed by atoms with van der Waals surface area (Å²) in [6, 6.07) is 1.06. The molecular formula is C12H18FN3O3S. The molecule has 0 radical (unpaired) electrons. The van der Waals surface area contributed by atoms with Crippen molar-refractivity contribution in [3.05, 3.63) is 23.0 Å². The molecule has 20 heavy (non-hydrogen) atoms. The van der Waals surface area contributed by atoms with Crippen molar-refractivity contribution in [2.75, 3.05) is 18.8 Å². The third kappa shape index (κ3) is 3.45. The highest BCUT2D eigenvalue weighted by Gasteiger charge is 2.23. The van der Waals surface area contributed by atoms with Gasteiger partial charge in [0.25, 0.3) is 0 Å². The van der Waals surface area contributed by atoms with Crippen molar-refractivity contribution in [3.63, 3.8) is 0 Å². The van der Waals surface area contributed by atoms with Crippen molar-refractivity contribution in [1.82, 2.24) is 10.0 Å². The monoisotopic (exact) mass is 303 g/mol. The maximum Gasteiger partial charge on any atom is 0.241 e. The molecule has 1 amide bonds. The van der Waals surface area contributed by atoms with Crippen LogP contribution in [0.5, 0.6) is 0 Å². The third-order valence-electron chi connectivity index (χ3n) is 2.77. The van der Waals surface area contributed by atoms with Gasteiger partial charge in [-0.25, -0.2) is 17.5 Å². The quantitative estimate of drug-likeness (QED) is 0.687. The molecule has 0 fully saturated rings. The van der Waals surface area contributed by atoms with Crippen molar-refractivity contribution in [1.29, 1.82) is 0 Å². The summed E-state index contributed by atoms with van der Waals surface area (Å²) < 4.78 is 39.9. The number of likely N-dealkylation sites (N-methyl/N-ethyl adjacent to an activating group) is 1. The van der Waals surface area contributed by atoms with Crippen molar-refractivity contribution in [3.8, 4) is 0 Å². The Morgan fingerprint density at radius 1 is 1.40 bits per heavy atom. The molecule has 4 N–H and O–H groups in total. The van der Waals surface area contributed by atoms with E-state index in [1.54, 1.807) is 6.92 Å². The van der Waals surface area contributed by atoms with Crippen LogP contribution in [0.25, 0.3) is 0 Å². The van der Waals surface area contributed by atoms with Crippen LogP contribution in [0.3, 0.4) is 0 Å². The number of anilines is 1. The Balaban J connectivity index is 3.11. The lowest BCUT2D eigenvalue weighted by molar-refractivity contribution is -0.119. The number of nitrogens with two attached hydrogens (primary N) is 1. The number of rotatable bonds is 5. The first-order valence-electron chi connectivity index (χ1n) is 6.02. The first-order valence-corrected chi connectivity index (χ1v) is 7.50. The van der Waals surface area contributed by atoms with Gasteiger partial charge in [0.2, 0.25) is 15.9 Å². The van der Waals surface area contributed by atoms with Gasteiger partial charge in [0.05, 0.1) is 17.1 Å². The van der Waals surface area contributed by atoms with E-state index in [2.05, 4.69) is 10.0 Å². The SMILES string of the molecule is CCNC(=O)CNS(=O)(=O)c1c(C)cc(F)c(N)c1C. The normalized spacial score (nSPS) is 11.4. The van der Waals surface area contributed by atoms with Gasteiger partial charge in [-0.1, -0.05) is 0 Å². The Morgan fingerprint density at radius 2 is 2.00 bits per heavy atom. The van der Waals surface area contributed by atoms with Crippen LogP contribution in [-0.4, -0.2) is 27.4 Å². The molecule has 0 spiro atoms. The third-order valence-corrected chi connectivity index (χ3v) is 4.46. The highest BCUT2D eigenvalue weighted by molar-refractivity contribution is 7.89. The summed E-state index contributed by atoms with van der Waals surface area (Å²) in [4.78, 5) is 11.2. The second kappa shape index (κ2) is 6.19. The molecular weight excluding hydrogens is 285 g/mol. The molecule has 6 nitrogen and oxygen atoms in total. The molecule has 0 heterocycles. The van der Waals surface area contributed by atoms with Gasteiger partial charge in [-0.3, -0.25) is 4.79 Å². The number of carbonyl (C=O) groups excluding carboxylic acids is 1. The lowest BCUT2D eigenvalue weighted by atomic mass is 10.1. The molecule has 0 bridgehead atoms. The number of carbonyl (C=O) groups is 1. The standard InChI is InChI=1S/C12H18FN3O3S/c1-4-15-10(17)6-16-20(18,19)12-7(2)5-9(13)11(14)8(12)3/h5,16H,4,6,14H2,1-3H3,(H,15,17). The number of benzene rings is 1. The van der Waals surface area contributed by atoms with Crippen LogP contribution in [0.4, 0.5) is 10.1 Å². The van der Waals surface area contributed by atoms with Gasteiger partial charge >= 0.3 is 0 Å². The van der Waals surface area contributed by atoms with Gasteiger partial charge in [-0.2, -0.15) is 0 Å². The molecule has 112 valence electrons. The zero-order chi connectivity index (χ0) is 15.5. The van der Waals surface area contributed by atoms with Gasteiger partial charge in [-0.05, 0) is 38.0 Å². The average Bonchev–Trinajstić information content (AvgIpc) is 2.34. The summed E-state index contributed by atoms with van der Waals surface area (Å²) in [6.45, 7) is 4.64. The summed E-state index contributed by atoms with van der Waals surface area (Å²) in [5, 5.41) is 2.47. The molecule has 0 aliphatic rings. The largest absolute Gasteiger partial charge is 0.396 e. The predicted octanol–water partition coefficient (Wildman–Crippen LogP) is 0.439. The number of sulfonamides is 1. The summed E-state index contributed by atoms with van der Waals surface area (Å²) in [7, 11) is -3.93. The van der Waals surface area contributed by atoms with E-state index in [-0.39, 0.29) is 28.3 Å². The minimum Gasteiger partial charge on any atom is -0.396 e. The average molecular weight is 303 g/mol. The minimum atomic E-state index is -3.93. The van der Waals surface area contributed by atoms with Gasteiger partial charge in [0, 0.05) is 6.54 Å². The van der Waals surface area contributed by atoms with Crippen LogP contribution in [0.1, 0.15) is 18.1 Å². The zero-order valence-corrected chi connectivity index (χ0v) is 12.4. The molecule has 0 saturated heterocycles. The Morgan fingerprint density at radius 3 is 2.55 bits per heavy atom. The molecule has 0 aliphatic heterocycles. The van der Waals surface area contributed by atoms with E-state index in [1.807, 2.05) is 0 Å². The number of nitrogens with one attached hydrogen (secondary N) is 2. The first-order chi connectivity index (χ1) is 9.20. The number of halogens is 1. The van der Waals surface area contributed by atoms with Crippen LogP contribution in [0, 0.1) is 19.7 Å². The Labute approximate surface area is 117 Å². The van der Waals surface area contributed by atoms with Crippen LogP contribution in [0.2, 0.25) is 0 Å². The Hall–Kier alpha value is -1.67. The maximum atomic E-state index is 13.4. The van der Waals surface area contributed by atoms with Crippen LogP contribution in [0.15, 0.2) is 11.0 Å². The van der Waals surface area contributed by atoms with E-state index in [9.17, 15) is 17.6 Å². The summed E-state index contributed by atoms with van der Waals surface area (Å²) in [6.07, 6.45) is 0. The Bertz CT molecular complexity index is 629. The van der Waals surface area contributed by atoms with Crippen molar-refractivity contribution >= 4 is 21.6 Å². The van der Waals surface area contributed by atoms with Crippen molar-refractivity contribution in [2.45, 2.75) is 25.7 Å². The lowest BCUT2D eigenvalue weighted by Gasteiger charge is -2.14. The lowest BCUT2D eigenvalue weighted by Crippen LogP contribution is -2.37. The molecule has 0 saturated carbocycles. The van der Waals surface area contributed by atoms with E-state index in [0.29, 0.717) is 6.54 Å². The van der Waals surface area contributed by atoms with Crippen molar-refractivity contribution < 1.29 is 17.6 Å². The van der Waals surface area contributed by atoms with Gasteiger partial charge in [0.15, 0.2) is 0 Å². The Kier molecular flexibility index (Phi) is 5.07. The van der Waals surface area contributed by atoms with E-state index in [4.69, 9.17) is 5.73 Å². The molecule has 0 aliphatic carbocycles. The van der Waals surface area contributed by atoms with Gasteiger partial charge in [0.1, 0.15) is 5.82 Å². The first kappa shape index (κ1) is 16.4. The highest BCUT2D eigenvalue weighted by atomic mass is 32.2. The van der Waals surface area contributed by atoms with E-state index in [1.165, 1.54) is 13.8 Å². The number of nitrogen functional groups attached to an aromatic ring is 1.